The topological polar surface area (TPSA) is 85.7 Å². The van der Waals surface area contributed by atoms with Gasteiger partial charge in [0.15, 0.2) is 0 Å². The van der Waals surface area contributed by atoms with E-state index < -0.39 is 5.82 Å². The van der Waals surface area contributed by atoms with Gasteiger partial charge in [-0.15, -0.1) is 0 Å². The number of halogens is 1. The summed E-state index contributed by atoms with van der Waals surface area (Å²) in [4.78, 5) is 32.2. The fourth-order valence-corrected chi connectivity index (χ4v) is 5.37. The number of aromatic nitrogens is 2. The molecule has 9 nitrogen and oxygen atoms in total. The van der Waals surface area contributed by atoms with Gasteiger partial charge in [0.2, 0.25) is 0 Å². The number of anilines is 3. The van der Waals surface area contributed by atoms with E-state index >= 15 is 4.39 Å². The molecule has 6 rings (SSSR count). The van der Waals surface area contributed by atoms with Crippen LogP contribution in [0.15, 0.2) is 42.6 Å². The van der Waals surface area contributed by atoms with Crippen LogP contribution in [0.5, 0.6) is 0 Å². The zero-order valence-electron chi connectivity index (χ0n) is 22.4. The van der Waals surface area contributed by atoms with Gasteiger partial charge in [-0.05, 0) is 55.5 Å². The maximum Gasteiger partial charge on any atom is 0.317 e. The molecule has 0 radical (unpaired) electrons. The Morgan fingerprint density at radius 3 is 2.64 bits per heavy atom. The number of aryl methyl sites for hydroxylation is 2. The molecule has 3 aliphatic rings. The van der Waals surface area contributed by atoms with E-state index in [0.29, 0.717) is 25.2 Å². The number of fused-ring (bicyclic) bond motifs is 2. The van der Waals surface area contributed by atoms with Gasteiger partial charge in [0.1, 0.15) is 11.6 Å². The summed E-state index contributed by atoms with van der Waals surface area (Å²) >= 11 is 0. The third kappa shape index (κ3) is 5.34. The number of benzene rings is 2. The van der Waals surface area contributed by atoms with Crippen molar-refractivity contribution in [2.24, 2.45) is 13.0 Å². The van der Waals surface area contributed by atoms with E-state index in [1.54, 1.807) is 32.8 Å². The van der Waals surface area contributed by atoms with Crippen molar-refractivity contribution in [1.29, 1.82) is 0 Å². The van der Waals surface area contributed by atoms with Crippen LogP contribution in [0.4, 0.5) is 26.4 Å². The molecule has 1 saturated heterocycles. The minimum Gasteiger partial charge on any atom is -0.338 e. The van der Waals surface area contributed by atoms with E-state index in [-0.39, 0.29) is 24.0 Å². The number of nitrogens with zero attached hydrogens (tertiary/aromatic N) is 5. The van der Waals surface area contributed by atoms with Crippen LogP contribution in [0.3, 0.4) is 0 Å². The lowest BCUT2D eigenvalue weighted by atomic mass is 10.1. The quantitative estimate of drug-likeness (QED) is 0.520. The molecule has 0 unspecified atom stereocenters. The number of carbonyl (C=O) groups is 2. The van der Waals surface area contributed by atoms with Crippen LogP contribution in [-0.2, 0) is 20.1 Å². The van der Waals surface area contributed by atoms with E-state index in [9.17, 15) is 9.59 Å². The summed E-state index contributed by atoms with van der Waals surface area (Å²) in [5, 5.41) is 10.6. The first-order valence-electron chi connectivity index (χ1n) is 13.6. The highest BCUT2D eigenvalue weighted by atomic mass is 19.1. The molecule has 3 amide bonds. The van der Waals surface area contributed by atoms with Crippen LogP contribution in [0.25, 0.3) is 0 Å². The van der Waals surface area contributed by atoms with Crippen molar-refractivity contribution < 1.29 is 14.0 Å². The number of piperazine rings is 1. The monoisotopic (exact) mass is 531 g/mol. The SMILES string of the molecule is Cc1ccc2c(c1)Nc1c(cnn1C)CN2C(=O)c1ccc(CNC(=O)N2CCN(CC3CC3)CC2)c(F)c1. The van der Waals surface area contributed by atoms with Gasteiger partial charge in [0, 0.05) is 63.0 Å². The van der Waals surface area contributed by atoms with Crippen molar-refractivity contribution in [3.63, 3.8) is 0 Å². The van der Waals surface area contributed by atoms with Gasteiger partial charge in [-0.1, -0.05) is 12.1 Å². The summed E-state index contributed by atoms with van der Waals surface area (Å²) in [6.07, 6.45) is 4.38. The molecule has 2 fully saturated rings. The lowest BCUT2D eigenvalue weighted by molar-refractivity contribution is 0.0985. The summed E-state index contributed by atoms with van der Waals surface area (Å²) in [5.41, 5.74) is 4.02. The molecule has 2 aromatic carbocycles. The summed E-state index contributed by atoms with van der Waals surface area (Å²) in [7, 11) is 1.85. The van der Waals surface area contributed by atoms with Crippen LogP contribution in [0.2, 0.25) is 0 Å². The van der Waals surface area contributed by atoms with Crippen LogP contribution in [0, 0.1) is 18.7 Å². The first-order valence-corrected chi connectivity index (χ1v) is 13.6. The molecule has 1 saturated carbocycles. The Bertz CT molecular complexity index is 1410. The molecule has 39 heavy (non-hydrogen) atoms. The number of hydrogen-bond acceptors (Lipinski definition) is 5. The Morgan fingerprint density at radius 2 is 1.90 bits per heavy atom. The van der Waals surface area contributed by atoms with Crippen molar-refractivity contribution >= 4 is 29.1 Å². The largest absolute Gasteiger partial charge is 0.338 e. The van der Waals surface area contributed by atoms with E-state index in [0.717, 1.165) is 53.9 Å². The Balaban J connectivity index is 1.13. The lowest BCUT2D eigenvalue weighted by Gasteiger charge is -2.34. The first kappa shape index (κ1) is 25.4. The van der Waals surface area contributed by atoms with Crippen molar-refractivity contribution in [3.8, 4) is 0 Å². The van der Waals surface area contributed by atoms with E-state index in [1.807, 2.05) is 32.2 Å². The number of nitrogens with one attached hydrogen (secondary N) is 2. The van der Waals surface area contributed by atoms with Crippen molar-refractivity contribution in [2.45, 2.75) is 32.9 Å². The molecule has 1 aromatic heterocycles. The van der Waals surface area contributed by atoms with Crippen molar-refractivity contribution in [1.82, 2.24) is 24.9 Å². The molecular formula is C29H34FN7O2. The van der Waals surface area contributed by atoms with Gasteiger partial charge in [-0.3, -0.25) is 14.4 Å². The van der Waals surface area contributed by atoms with Crippen LogP contribution >= 0.6 is 0 Å². The Labute approximate surface area is 227 Å². The van der Waals surface area contributed by atoms with E-state index in [4.69, 9.17) is 0 Å². The molecule has 2 N–H and O–H groups in total. The molecule has 3 aromatic rings. The smallest absolute Gasteiger partial charge is 0.317 e. The highest BCUT2D eigenvalue weighted by Gasteiger charge is 2.29. The summed E-state index contributed by atoms with van der Waals surface area (Å²) in [5.74, 6) is 0.830. The Kier molecular flexibility index (Phi) is 6.72. The minimum absolute atomic E-state index is 0.0657. The third-order valence-corrected chi connectivity index (χ3v) is 7.89. The zero-order chi connectivity index (χ0) is 27.1. The number of urea groups is 1. The number of carbonyl (C=O) groups excluding carboxylic acids is 2. The average Bonchev–Trinajstić information content (AvgIpc) is 3.71. The molecule has 2 aliphatic heterocycles. The highest BCUT2D eigenvalue weighted by Crippen LogP contribution is 2.37. The van der Waals surface area contributed by atoms with Crippen LogP contribution < -0.4 is 15.5 Å². The second-order valence-corrected chi connectivity index (χ2v) is 10.9. The van der Waals surface area contributed by atoms with Crippen molar-refractivity contribution in [2.75, 3.05) is 42.9 Å². The molecule has 0 spiro atoms. The molecule has 0 atom stereocenters. The molecule has 1 aliphatic carbocycles. The Morgan fingerprint density at radius 1 is 1.10 bits per heavy atom. The number of rotatable bonds is 5. The number of amides is 3. The average molecular weight is 532 g/mol. The van der Waals surface area contributed by atoms with Gasteiger partial charge >= 0.3 is 6.03 Å². The van der Waals surface area contributed by atoms with Gasteiger partial charge < -0.3 is 20.4 Å². The molecule has 204 valence electrons. The van der Waals surface area contributed by atoms with Gasteiger partial charge in [-0.2, -0.15) is 5.10 Å². The molecule has 3 heterocycles. The summed E-state index contributed by atoms with van der Waals surface area (Å²) in [6.45, 7) is 6.61. The summed E-state index contributed by atoms with van der Waals surface area (Å²) < 4.78 is 16.9. The summed E-state index contributed by atoms with van der Waals surface area (Å²) in [6, 6.07) is 10.1. The van der Waals surface area contributed by atoms with E-state index in [2.05, 4.69) is 20.6 Å². The van der Waals surface area contributed by atoms with Gasteiger partial charge in [0.25, 0.3) is 5.91 Å². The van der Waals surface area contributed by atoms with Crippen LogP contribution in [-0.4, -0.2) is 64.2 Å². The normalized spacial score (nSPS) is 17.2. The Hall–Kier alpha value is -3.92. The fourth-order valence-electron chi connectivity index (χ4n) is 5.37. The fraction of sp³-hybridized carbons (Fsp3) is 0.414. The zero-order valence-corrected chi connectivity index (χ0v) is 22.4. The van der Waals surface area contributed by atoms with Crippen molar-refractivity contribution in [3.05, 3.63) is 70.7 Å². The maximum absolute atomic E-state index is 15.2. The molecule has 0 bridgehead atoms. The molecular weight excluding hydrogens is 497 g/mol. The van der Waals surface area contributed by atoms with E-state index in [1.165, 1.54) is 18.9 Å². The maximum atomic E-state index is 15.2. The second kappa shape index (κ2) is 10.3. The first-order chi connectivity index (χ1) is 18.9. The lowest BCUT2D eigenvalue weighted by Crippen LogP contribution is -2.51. The second-order valence-electron chi connectivity index (χ2n) is 10.9. The highest BCUT2D eigenvalue weighted by molar-refractivity contribution is 6.08. The van der Waals surface area contributed by atoms with Gasteiger partial charge in [0.05, 0.1) is 24.1 Å². The minimum atomic E-state index is -0.519. The van der Waals surface area contributed by atoms with Gasteiger partial charge in [-0.25, -0.2) is 9.18 Å². The third-order valence-electron chi connectivity index (χ3n) is 7.89. The predicted molar refractivity (Wildman–Crippen MR) is 148 cm³/mol. The standard InChI is InChI=1S/C29H34FN7O2/c1-19-3-8-26-25(13-19)33-27-23(16-32-34(27)2)18-37(26)28(38)21-6-7-22(24(30)14-21)15-31-29(39)36-11-9-35(10-12-36)17-20-4-5-20/h3,6-8,13-14,16,20,33H,4-5,9-12,15,17-18H2,1-2H3,(H,31,39). The predicted octanol–water partition coefficient (Wildman–Crippen LogP) is 4.01. The van der Waals surface area contributed by atoms with Crippen LogP contribution in [0.1, 0.15) is 39.9 Å². The number of hydrogen-bond donors (Lipinski definition) is 2. The molecule has 10 heteroatoms.